The molecule has 0 aromatic carbocycles. The van der Waals surface area contributed by atoms with Crippen molar-refractivity contribution in [2.45, 2.75) is 19.0 Å². The molecule has 0 radical (unpaired) electrons. The second-order valence-electron chi connectivity index (χ2n) is 3.94. The van der Waals surface area contributed by atoms with E-state index in [-0.39, 0.29) is 6.04 Å². The van der Waals surface area contributed by atoms with E-state index in [0.29, 0.717) is 11.9 Å². The summed E-state index contributed by atoms with van der Waals surface area (Å²) in [5.41, 5.74) is 5.73. The fraction of sp³-hybridized carbons (Fsp3) is 0.778. The highest BCUT2D eigenvalue weighted by atomic mass is 32.2. The third-order valence-electron chi connectivity index (χ3n) is 2.64. The molecule has 0 bridgehead atoms. The average molecular weight is 227 g/mol. The highest BCUT2D eigenvalue weighted by Gasteiger charge is 2.24. The van der Waals surface area contributed by atoms with Crippen LogP contribution in [0.5, 0.6) is 0 Å². The number of thioether (sulfide) groups is 1. The highest BCUT2D eigenvalue weighted by molar-refractivity contribution is 7.99. The first-order valence-corrected chi connectivity index (χ1v) is 6.29. The maximum atomic E-state index is 5.73. The number of H-pyrrole nitrogens is 1. The first kappa shape index (κ1) is 10.9. The molecule has 1 saturated heterocycles. The summed E-state index contributed by atoms with van der Waals surface area (Å²) in [6.45, 7) is 3.00. The van der Waals surface area contributed by atoms with Crippen LogP contribution >= 0.6 is 11.8 Å². The summed E-state index contributed by atoms with van der Waals surface area (Å²) >= 11 is 1.96. The molecule has 1 aromatic heterocycles. The normalized spacial score (nSPS) is 25.4. The molecule has 5 nitrogen and oxygen atoms in total. The van der Waals surface area contributed by atoms with Gasteiger partial charge in [-0.05, 0) is 14.0 Å². The summed E-state index contributed by atoms with van der Waals surface area (Å²) in [4.78, 5) is 6.74. The molecular weight excluding hydrogens is 210 g/mol. The molecular formula is C9H17N5S. The third-order valence-corrected chi connectivity index (χ3v) is 3.66. The Morgan fingerprint density at radius 2 is 2.47 bits per heavy atom. The minimum Gasteiger partial charge on any atom is -0.321 e. The average Bonchev–Trinajstić information content (AvgIpc) is 2.67. The van der Waals surface area contributed by atoms with E-state index < -0.39 is 0 Å². The van der Waals surface area contributed by atoms with Gasteiger partial charge in [-0.3, -0.25) is 10.00 Å². The van der Waals surface area contributed by atoms with Crippen LogP contribution in [0.4, 0.5) is 0 Å². The monoisotopic (exact) mass is 227 g/mol. The molecule has 2 unspecified atom stereocenters. The first-order chi connectivity index (χ1) is 7.18. The molecule has 0 spiro atoms. The van der Waals surface area contributed by atoms with E-state index >= 15 is 0 Å². The van der Waals surface area contributed by atoms with E-state index in [1.54, 1.807) is 0 Å². The van der Waals surface area contributed by atoms with E-state index in [9.17, 15) is 0 Å². The minimum atomic E-state index is -0.100. The fourth-order valence-electron chi connectivity index (χ4n) is 1.61. The number of hydrogen-bond acceptors (Lipinski definition) is 5. The SMILES string of the molecule is CC(N)c1n[nH]c(C2CSCCN2C)n1. The lowest BCUT2D eigenvalue weighted by atomic mass is 10.2. The summed E-state index contributed by atoms with van der Waals surface area (Å²) in [7, 11) is 2.12. The minimum absolute atomic E-state index is 0.100. The Labute approximate surface area is 93.8 Å². The van der Waals surface area contributed by atoms with Crippen molar-refractivity contribution in [2.75, 3.05) is 25.1 Å². The number of nitrogens with zero attached hydrogens (tertiary/aromatic N) is 3. The molecule has 3 N–H and O–H groups in total. The summed E-state index contributed by atoms with van der Waals surface area (Å²) in [5, 5.41) is 7.12. The van der Waals surface area contributed by atoms with Crippen molar-refractivity contribution in [2.24, 2.45) is 5.73 Å². The van der Waals surface area contributed by atoms with Crippen LogP contribution in [0.25, 0.3) is 0 Å². The quantitative estimate of drug-likeness (QED) is 0.772. The molecule has 1 aliphatic heterocycles. The van der Waals surface area contributed by atoms with Gasteiger partial charge in [-0.2, -0.15) is 16.9 Å². The molecule has 1 aromatic rings. The summed E-state index contributed by atoms with van der Waals surface area (Å²) in [6, 6.07) is 0.250. The van der Waals surface area contributed by atoms with Gasteiger partial charge in [0.1, 0.15) is 5.82 Å². The smallest absolute Gasteiger partial charge is 0.167 e. The van der Waals surface area contributed by atoms with E-state index in [1.807, 2.05) is 18.7 Å². The van der Waals surface area contributed by atoms with E-state index in [4.69, 9.17) is 5.73 Å². The van der Waals surface area contributed by atoms with Gasteiger partial charge in [-0.1, -0.05) is 0 Å². The van der Waals surface area contributed by atoms with Gasteiger partial charge in [0, 0.05) is 18.1 Å². The van der Waals surface area contributed by atoms with Gasteiger partial charge in [0.15, 0.2) is 5.82 Å². The molecule has 2 atom stereocenters. The standard InChI is InChI=1S/C9H17N5S/c1-6(10)8-11-9(13-12-8)7-5-15-4-3-14(7)2/h6-7H,3-5,10H2,1-2H3,(H,11,12,13). The zero-order valence-electron chi connectivity index (χ0n) is 9.10. The van der Waals surface area contributed by atoms with Gasteiger partial charge in [0.05, 0.1) is 12.1 Å². The second kappa shape index (κ2) is 4.51. The predicted octanol–water partition coefficient (Wildman–Crippen LogP) is 0.544. The Balaban J connectivity index is 2.13. The van der Waals surface area contributed by atoms with Crippen molar-refractivity contribution >= 4 is 11.8 Å². The number of rotatable bonds is 2. The second-order valence-corrected chi connectivity index (χ2v) is 5.09. The molecule has 2 rings (SSSR count). The largest absolute Gasteiger partial charge is 0.321 e. The topological polar surface area (TPSA) is 70.8 Å². The predicted molar refractivity (Wildman–Crippen MR) is 61.7 cm³/mol. The molecule has 0 saturated carbocycles. The number of aromatic nitrogens is 3. The van der Waals surface area contributed by atoms with Crippen LogP contribution in [0.3, 0.4) is 0 Å². The molecule has 0 amide bonds. The molecule has 84 valence electrons. The Morgan fingerprint density at radius 3 is 3.07 bits per heavy atom. The van der Waals surface area contributed by atoms with Crippen molar-refractivity contribution in [1.29, 1.82) is 0 Å². The summed E-state index contributed by atoms with van der Waals surface area (Å²) in [5.74, 6) is 3.91. The number of nitrogens with two attached hydrogens (primary N) is 1. The van der Waals surface area contributed by atoms with Crippen molar-refractivity contribution < 1.29 is 0 Å². The summed E-state index contributed by atoms with van der Waals surface area (Å²) in [6.07, 6.45) is 0. The van der Waals surface area contributed by atoms with E-state index in [0.717, 1.165) is 18.1 Å². The number of nitrogens with one attached hydrogen (secondary N) is 1. The fourth-order valence-corrected chi connectivity index (χ4v) is 2.83. The zero-order valence-corrected chi connectivity index (χ0v) is 9.92. The lowest BCUT2D eigenvalue weighted by molar-refractivity contribution is 0.265. The van der Waals surface area contributed by atoms with E-state index in [2.05, 4.69) is 27.1 Å². The summed E-state index contributed by atoms with van der Waals surface area (Å²) < 4.78 is 0. The molecule has 0 aliphatic carbocycles. The van der Waals surface area contributed by atoms with Gasteiger partial charge in [0.2, 0.25) is 0 Å². The van der Waals surface area contributed by atoms with Gasteiger partial charge in [-0.15, -0.1) is 0 Å². The van der Waals surface area contributed by atoms with Crippen LogP contribution in [0.15, 0.2) is 0 Å². The lowest BCUT2D eigenvalue weighted by Gasteiger charge is -2.30. The van der Waals surface area contributed by atoms with Crippen LogP contribution in [-0.2, 0) is 0 Å². The third kappa shape index (κ3) is 2.32. The van der Waals surface area contributed by atoms with Crippen molar-refractivity contribution in [1.82, 2.24) is 20.1 Å². The molecule has 15 heavy (non-hydrogen) atoms. The molecule has 1 aliphatic rings. The van der Waals surface area contributed by atoms with Crippen molar-refractivity contribution in [3.8, 4) is 0 Å². The maximum absolute atomic E-state index is 5.73. The van der Waals surface area contributed by atoms with Crippen molar-refractivity contribution in [3.63, 3.8) is 0 Å². The van der Waals surface area contributed by atoms with Crippen LogP contribution in [0.1, 0.15) is 30.7 Å². The Bertz CT molecular complexity index is 324. The van der Waals surface area contributed by atoms with Gasteiger partial charge in [-0.25, -0.2) is 4.98 Å². The van der Waals surface area contributed by atoms with Crippen LogP contribution < -0.4 is 5.73 Å². The van der Waals surface area contributed by atoms with Crippen LogP contribution in [-0.4, -0.2) is 45.2 Å². The molecule has 2 heterocycles. The number of aromatic amines is 1. The number of hydrogen-bond donors (Lipinski definition) is 2. The Kier molecular flexibility index (Phi) is 3.28. The molecule has 6 heteroatoms. The molecule has 1 fully saturated rings. The maximum Gasteiger partial charge on any atom is 0.167 e. The Morgan fingerprint density at radius 1 is 1.67 bits per heavy atom. The van der Waals surface area contributed by atoms with Gasteiger partial charge >= 0.3 is 0 Å². The van der Waals surface area contributed by atoms with E-state index in [1.165, 1.54) is 5.75 Å². The Hall–Kier alpha value is -0.590. The first-order valence-electron chi connectivity index (χ1n) is 5.14. The zero-order chi connectivity index (χ0) is 10.8. The van der Waals surface area contributed by atoms with Gasteiger partial charge < -0.3 is 5.73 Å². The highest BCUT2D eigenvalue weighted by Crippen LogP contribution is 2.25. The van der Waals surface area contributed by atoms with Crippen LogP contribution in [0, 0.1) is 0 Å². The van der Waals surface area contributed by atoms with Crippen LogP contribution in [0.2, 0.25) is 0 Å². The van der Waals surface area contributed by atoms with Crippen molar-refractivity contribution in [3.05, 3.63) is 11.6 Å². The van der Waals surface area contributed by atoms with Gasteiger partial charge in [0.25, 0.3) is 0 Å². The lowest BCUT2D eigenvalue weighted by Crippen LogP contribution is -2.33.